The van der Waals surface area contributed by atoms with Gasteiger partial charge >= 0.3 is 6.18 Å². The number of hydrogen-bond acceptors (Lipinski definition) is 2. The molecule has 0 saturated carbocycles. The molecule has 1 saturated heterocycles. The molecule has 0 N–H and O–H groups in total. The molecule has 22 heavy (non-hydrogen) atoms. The molecule has 2 aliphatic rings. The summed E-state index contributed by atoms with van der Waals surface area (Å²) in [5.41, 5.74) is -0.328. The highest BCUT2D eigenvalue weighted by atomic mass is 19.4. The van der Waals surface area contributed by atoms with Gasteiger partial charge in [-0.15, -0.1) is 0 Å². The van der Waals surface area contributed by atoms with E-state index in [1.165, 1.54) is 18.2 Å². The van der Waals surface area contributed by atoms with Crippen LogP contribution in [0.3, 0.4) is 0 Å². The van der Waals surface area contributed by atoms with Gasteiger partial charge in [0.25, 0.3) is 0 Å². The number of fused-ring (bicyclic) bond motifs is 1. The van der Waals surface area contributed by atoms with E-state index in [2.05, 4.69) is 0 Å². The number of rotatable bonds is 1. The van der Waals surface area contributed by atoms with Crippen LogP contribution in [0.4, 0.5) is 18.9 Å². The highest BCUT2D eigenvalue weighted by molar-refractivity contribution is 6.22. The number of hydrogen-bond donors (Lipinski definition) is 0. The maximum absolute atomic E-state index is 13.1. The zero-order valence-electron chi connectivity index (χ0n) is 11.9. The van der Waals surface area contributed by atoms with E-state index < -0.39 is 35.4 Å². The summed E-state index contributed by atoms with van der Waals surface area (Å²) < 4.78 is 39.4. The van der Waals surface area contributed by atoms with Crippen LogP contribution < -0.4 is 4.90 Å². The second-order valence-electron chi connectivity index (χ2n) is 5.73. The van der Waals surface area contributed by atoms with Gasteiger partial charge in [-0.2, -0.15) is 13.2 Å². The second kappa shape index (κ2) is 4.97. The molecule has 0 bridgehead atoms. The first-order chi connectivity index (χ1) is 10.3. The van der Waals surface area contributed by atoms with Gasteiger partial charge in [0.15, 0.2) is 0 Å². The van der Waals surface area contributed by atoms with Gasteiger partial charge in [0, 0.05) is 0 Å². The molecule has 0 spiro atoms. The molecular formula is C16H14F3NO2. The smallest absolute Gasteiger partial charge is 0.274 e. The van der Waals surface area contributed by atoms with Crippen LogP contribution in [-0.4, -0.2) is 11.8 Å². The summed E-state index contributed by atoms with van der Waals surface area (Å²) in [6.45, 7) is 1.86. The molecule has 1 aromatic rings. The van der Waals surface area contributed by atoms with E-state index in [4.69, 9.17) is 0 Å². The first-order valence-electron chi connectivity index (χ1n) is 7.00. The molecular weight excluding hydrogens is 295 g/mol. The lowest BCUT2D eigenvalue weighted by atomic mass is 9.82. The molecule has 1 heterocycles. The highest BCUT2D eigenvalue weighted by Crippen LogP contribution is 2.43. The molecule has 3 rings (SSSR count). The number of allylic oxidation sites excluding steroid dienone is 2. The molecule has 1 aliphatic heterocycles. The number of halogens is 3. The summed E-state index contributed by atoms with van der Waals surface area (Å²) in [7, 11) is 0. The third kappa shape index (κ3) is 2.23. The number of alkyl halides is 3. The van der Waals surface area contributed by atoms with Gasteiger partial charge in [0.05, 0.1) is 23.1 Å². The SMILES string of the molecule is CC1=CCC2C(=O)N(c3ccccc3C(F)(F)F)C(=O)C2C1. The van der Waals surface area contributed by atoms with Crippen LogP contribution in [0.1, 0.15) is 25.3 Å². The third-order valence-electron chi connectivity index (χ3n) is 4.27. The van der Waals surface area contributed by atoms with E-state index in [1.807, 2.05) is 13.0 Å². The Balaban J connectivity index is 2.04. The molecule has 0 aromatic heterocycles. The van der Waals surface area contributed by atoms with E-state index >= 15 is 0 Å². The van der Waals surface area contributed by atoms with Crippen LogP contribution in [0.15, 0.2) is 35.9 Å². The first kappa shape index (κ1) is 14.8. The minimum Gasteiger partial charge on any atom is -0.274 e. The second-order valence-corrected chi connectivity index (χ2v) is 5.73. The topological polar surface area (TPSA) is 37.4 Å². The molecule has 0 radical (unpaired) electrons. The summed E-state index contributed by atoms with van der Waals surface area (Å²) in [5.74, 6) is -2.15. The fourth-order valence-electron chi connectivity index (χ4n) is 3.18. The van der Waals surface area contributed by atoms with E-state index in [9.17, 15) is 22.8 Å². The zero-order valence-corrected chi connectivity index (χ0v) is 11.9. The summed E-state index contributed by atoms with van der Waals surface area (Å²) in [4.78, 5) is 25.7. The summed E-state index contributed by atoms with van der Waals surface area (Å²) >= 11 is 0. The first-order valence-corrected chi connectivity index (χ1v) is 7.00. The van der Waals surface area contributed by atoms with Crippen molar-refractivity contribution in [3.05, 3.63) is 41.5 Å². The van der Waals surface area contributed by atoms with E-state index in [0.29, 0.717) is 12.8 Å². The number of carbonyl (C=O) groups excluding carboxylic acids is 2. The van der Waals surface area contributed by atoms with Crippen LogP contribution in [-0.2, 0) is 15.8 Å². The monoisotopic (exact) mass is 309 g/mol. The van der Waals surface area contributed by atoms with Crippen molar-refractivity contribution in [2.24, 2.45) is 11.8 Å². The molecule has 2 atom stereocenters. The third-order valence-corrected chi connectivity index (χ3v) is 4.27. The molecule has 2 amide bonds. The molecule has 116 valence electrons. The van der Waals surface area contributed by atoms with Gasteiger partial charge < -0.3 is 0 Å². The zero-order chi connectivity index (χ0) is 16.1. The Morgan fingerprint density at radius 1 is 1.09 bits per heavy atom. The number of benzene rings is 1. The molecule has 1 fully saturated rings. The highest BCUT2D eigenvalue weighted by Gasteiger charge is 2.50. The van der Waals surface area contributed by atoms with Crippen molar-refractivity contribution in [3.8, 4) is 0 Å². The molecule has 1 aliphatic carbocycles. The molecule has 1 aromatic carbocycles. The number of anilines is 1. The van der Waals surface area contributed by atoms with Crippen molar-refractivity contribution in [2.75, 3.05) is 4.90 Å². The predicted molar refractivity (Wildman–Crippen MR) is 73.9 cm³/mol. The lowest BCUT2D eigenvalue weighted by Gasteiger charge is -2.20. The largest absolute Gasteiger partial charge is 0.418 e. The van der Waals surface area contributed by atoms with Crippen molar-refractivity contribution in [1.82, 2.24) is 0 Å². The average Bonchev–Trinajstić information content (AvgIpc) is 2.69. The summed E-state index contributed by atoms with van der Waals surface area (Å²) in [6, 6.07) is 4.71. The van der Waals surface area contributed by atoms with Gasteiger partial charge in [-0.25, -0.2) is 4.90 Å². The standard InChI is InChI=1S/C16H14F3NO2/c1-9-6-7-10-11(8-9)15(22)20(14(10)21)13-5-3-2-4-12(13)16(17,18)19/h2-6,10-11H,7-8H2,1H3. The lowest BCUT2D eigenvalue weighted by Crippen LogP contribution is -2.32. The van der Waals surface area contributed by atoms with Crippen molar-refractivity contribution in [3.63, 3.8) is 0 Å². The molecule has 2 unspecified atom stereocenters. The Morgan fingerprint density at radius 3 is 2.41 bits per heavy atom. The number of amides is 2. The molecule has 6 heteroatoms. The molecule has 3 nitrogen and oxygen atoms in total. The Hall–Kier alpha value is -2.11. The predicted octanol–water partition coefficient (Wildman–Crippen LogP) is 3.55. The van der Waals surface area contributed by atoms with E-state index in [-0.39, 0.29) is 5.69 Å². The maximum Gasteiger partial charge on any atom is 0.418 e. The maximum atomic E-state index is 13.1. The summed E-state index contributed by atoms with van der Waals surface area (Å²) in [6.07, 6.45) is -1.89. The minimum atomic E-state index is -4.61. The van der Waals surface area contributed by atoms with Crippen LogP contribution in [0.25, 0.3) is 0 Å². The fourth-order valence-corrected chi connectivity index (χ4v) is 3.18. The minimum absolute atomic E-state index is 0.364. The van der Waals surface area contributed by atoms with Crippen LogP contribution >= 0.6 is 0 Å². The number of nitrogens with zero attached hydrogens (tertiary/aromatic N) is 1. The lowest BCUT2D eigenvalue weighted by molar-refractivity contribution is -0.137. The normalized spacial score (nSPS) is 25.3. The quantitative estimate of drug-likeness (QED) is 0.587. The Bertz CT molecular complexity index is 678. The van der Waals surface area contributed by atoms with Crippen LogP contribution in [0.2, 0.25) is 0 Å². The van der Waals surface area contributed by atoms with Crippen molar-refractivity contribution in [1.29, 1.82) is 0 Å². The number of carbonyl (C=O) groups is 2. The van der Waals surface area contributed by atoms with Gasteiger partial charge in [0.2, 0.25) is 11.8 Å². The van der Waals surface area contributed by atoms with Crippen molar-refractivity contribution >= 4 is 17.5 Å². The van der Waals surface area contributed by atoms with Crippen molar-refractivity contribution in [2.45, 2.75) is 25.9 Å². The van der Waals surface area contributed by atoms with Crippen LogP contribution in [0, 0.1) is 11.8 Å². The Morgan fingerprint density at radius 2 is 1.73 bits per heavy atom. The number of imide groups is 1. The Kier molecular flexibility index (Phi) is 3.34. The number of para-hydroxylation sites is 1. The van der Waals surface area contributed by atoms with E-state index in [0.717, 1.165) is 16.5 Å². The van der Waals surface area contributed by atoms with Gasteiger partial charge in [0.1, 0.15) is 0 Å². The van der Waals surface area contributed by atoms with Gasteiger partial charge in [-0.1, -0.05) is 23.8 Å². The van der Waals surface area contributed by atoms with Gasteiger partial charge in [-0.3, -0.25) is 9.59 Å². The fraction of sp³-hybridized carbons (Fsp3) is 0.375. The summed E-state index contributed by atoms with van der Waals surface area (Å²) in [5, 5.41) is 0. The van der Waals surface area contributed by atoms with Gasteiger partial charge in [-0.05, 0) is 31.9 Å². The Labute approximate surface area is 125 Å². The average molecular weight is 309 g/mol. The van der Waals surface area contributed by atoms with Crippen molar-refractivity contribution < 1.29 is 22.8 Å². The van der Waals surface area contributed by atoms with E-state index in [1.54, 1.807) is 0 Å². The van der Waals surface area contributed by atoms with Crippen LogP contribution in [0.5, 0.6) is 0 Å².